The Morgan fingerprint density at radius 2 is 2.20 bits per heavy atom. The van der Waals surface area contributed by atoms with Gasteiger partial charge >= 0.3 is 0 Å². The van der Waals surface area contributed by atoms with Gasteiger partial charge in [0.25, 0.3) is 0 Å². The summed E-state index contributed by atoms with van der Waals surface area (Å²) in [5.74, 6) is 0.151. The van der Waals surface area contributed by atoms with Crippen LogP contribution in [0.2, 0.25) is 0 Å². The zero-order chi connectivity index (χ0) is 7.56. The lowest BCUT2D eigenvalue weighted by molar-refractivity contribution is 0.276. The van der Waals surface area contributed by atoms with Crippen LogP contribution in [0.25, 0.3) is 0 Å². The highest BCUT2D eigenvalue weighted by atomic mass is 127. The first-order chi connectivity index (χ1) is 4.74. The van der Waals surface area contributed by atoms with Crippen molar-refractivity contribution < 1.29 is 10.2 Å². The molecule has 0 unspecified atom stereocenters. The van der Waals surface area contributed by atoms with E-state index in [1.807, 2.05) is 22.6 Å². The van der Waals surface area contributed by atoms with Gasteiger partial charge in [-0.15, -0.1) is 0 Å². The molecule has 1 rings (SSSR count). The molecule has 2 N–H and O–H groups in total. The minimum absolute atomic E-state index is 0.0870. The van der Waals surface area contributed by atoms with E-state index in [1.165, 1.54) is 6.07 Å². The summed E-state index contributed by atoms with van der Waals surface area (Å²) in [4.78, 5) is 3.88. The molecule has 1 aromatic rings. The van der Waals surface area contributed by atoms with Gasteiger partial charge in [-0.2, -0.15) is 0 Å². The molecule has 1 heterocycles. The number of aromatic hydroxyl groups is 1. The Labute approximate surface area is 71.9 Å². The van der Waals surface area contributed by atoms with Crippen molar-refractivity contribution in [3.8, 4) is 5.75 Å². The second kappa shape index (κ2) is 3.16. The maximum Gasteiger partial charge on any atom is 0.147 e. The van der Waals surface area contributed by atoms with Crippen LogP contribution in [-0.4, -0.2) is 15.2 Å². The third-order valence-electron chi connectivity index (χ3n) is 1.05. The van der Waals surface area contributed by atoms with Crippen LogP contribution in [-0.2, 0) is 6.61 Å². The molecule has 0 amide bonds. The number of aromatic nitrogens is 1. The zero-order valence-electron chi connectivity index (χ0n) is 5.08. The Morgan fingerprint density at radius 1 is 1.50 bits per heavy atom. The molecule has 0 spiro atoms. The number of halogens is 1. The van der Waals surface area contributed by atoms with E-state index in [4.69, 9.17) is 10.2 Å². The van der Waals surface area contributed by atoms with Crippen LogP contribution in [0.4, 0.5) is 0 Å². The molecule has 0 aliphatic rings. The molecule has 0 aliphatic carbocycles. The summed E-state index contributed by atoms with van der Waals surface area (Å²) < 4.78 is 0.518. The smallest absolute Gasteiger partial charge is 0.147 e. The fourth-order valence-corrected chi connectivity index (χ4v) is 1.04. The Kier molecular flexibility index (Phi) is 2.44. The van der Waals surface area contributed by atoms with Crippen LogP contribution in [0.1, 0.15) is 5.69 Å². The average Bonchev–Trinajstić information content (AvgIpc) is 1.95. The highest BCUT2D eigenvalue weighted by Gasteiger charge is 1.98. The standard InChI is InChI=1S/C6H6INO2/c7-6-5(10)2-1-4(3-9)8-6/h1-2,9-10H,3H2. The molecular formula is C6H6INO2. The largest absolute Gasteiger partial charge is 0.505 e. The fourth-order valence-electron chi connectivity index (χ4n) is 0.553. The van der Waals surface area contributed by atoms with E-state index in [1.54, 1.807) is 6.07 Å². The molecule has 54 valence electrons. The normalized spacial score (nSPS) is 9.80. The highest BCUT2D eigenvalue weighted by Crippen LogP contribution is 2.16. The van der Waals surface area contributed by atoms with E-state index in [9.17, 15) is 0 Å². The number of hydrogen-bond acceptors (Lipinski definition) is 3. The zero-order valence-corrected chi connectivity index (χ0v) is 7.24. The predicted octanol–water partition coefficient (Wildman–Crippen LogP) is 0.884. The van der Waals surface area contributed by atoms with Crippen molar-refractivity contribution in [2.75, 3.05) is 0 Å². The van der Waals surface area contributed by atoms with Crippen LogP contribution < -0.4 is 0 Å². The van der Waals surface area contributed by atoms with Crippen molar-refractivity contribution in [2.24, 2.45) is 0 Å². The Bertz CT molecular complexity index is 239. The summed E-state index contributed by atoms with van der Waals surface area (Å²) >= 11 is 1.90. The van der Waals surface area contributed by atoms with Crippen LogP contribution in [0.15, 0.2) is 12.1 Å². The van der Waals surface area contributed by atoms with Gasteiger partial charge in [-0.05, 0) is 34.7 Å². The average molecular weight is 251 g/mol. The maximum atomic E-state index is 8.99. The SMILES string of the molecule is OCc1ccc(O)c(I)n1. The first-order valence-electron chi connectivity index (χ1n) is 2.69. The minimum Gasteiger partial charge on any atom is -0.505 e. The third kappa shape index (κ3) is 1.57. The lowest BCUT2D eigenvalue weighted by Crippen LogP contribution is -1.90. The van der Waals surface area contributed by atoms with Gasteiger partial charge in [0.15, 0.2) is 0 Å². The molecule has 10 heavy (non-hydrogen) atoms. The molecule has 0 bridgehead atoms. The Balaban J connectivity index is 3.04. The number of pyridine rings is 1. The summed E-state index contributed by atoms with van der Waals surface area (Å²) in [5.41, 5.74) is 0.571. The minimum atomic E-state index is -0.0870. The fraction of sp³-hybridized carbons (Fsp3) is 0.167. The molecule has 0 radical (unpaired) electrons. The number of aliphatic hydroxyl groups excluding tert-OH is 1. The van der Waals surface area contributed by atoms with E-state index in [2.05, 4.69) is 4.98 Å². The van der Waals surface area contributed by atoms with Crippen LogP contribution in [0, 0.1) is 3.70 Å². The Hall–Kier alpha value is -0.360. The van der Waals surface area contributed by atoms with Crippen molar-refractivity contribution in [2.45, 2.75) is 6.61 Å². The molecule has 1 aromatic heterocycles. The molecule has 0 fully saturated rings. The third-order valence-corrected chi connectivity index (χ3v) is 1.84. The summed E-state index contributed by atoms with van der Waals surface area (Å²) in [6.07, 6.45) is 0. The van der Waals surface area contributed by atoms with Crippen LogP contribution in [0.3, 0.4) is 0 Å². The van der Waals surface area contributed by atoms with Crippen molar-refractivity contribution in [1.29, 1.82) is 0 Å². The lowest BCUT2D eigenvalue weighted by atomic mass is 10.3. The highest BCUT2D eigenvalue weighted by molar-refractivity contribution is 14.1. The number of nitrogens with zero attached hydrogens (tertiary/aromatic N) is 1. The van der Waals surface area contributed by atoms with E-state index in [0.717, 1.165) is 0 Å². The van der Waals surface area contributed by atoms with Gasteiger partial charge in [-0.1, -0.05) is 0 Å². The van der Waals surface area contributed by atoms with Gasteiger partial charge in [-0.25, -0.2) is 4.98 Å². The number of hydrogen-bond donors (Lipinski definition) is 2. The second-order valence-corrected chi connectivity index (χ2v) is 2.79. The molecule has 0 aliphatic heterocycles. The Morgan fingerprint density at radius 3 is 2.70 bits per heavy atom. The first kappa shape index (κ1) is 7.74. The monoisotopic (exact) mass is 251 g/mol. The van der Waals surface area contributed by atoms with Gasteiger partial charge in [0.2, 0.25) is 0 Å². The number of rotatable bonds is 1. The first-order valence-corrected chi connectivity index (χ1v) is 3.77. The molecule has 0 atom stereocenters. The van der Waals surface area contributed by atoms with E-state index in [-0.39, 0.29) is 12.4 Å². The topological polar surface area (TPSA) is 53.4 Å². The van der Waals surface area contributed by atoms with Crippen molar-refractivity contribution in [1.82, 2.24) is 4.98 Å². The van der Waals surface area contributed by atoms with Gasteiger partial charge in [0, 0.05) is 0 Å². The van der Waals surface area contributed by atoms with Gasteiger partial charge < -0.3 is 10.2 Å². The van der Waals surface area contributed by atoms with Crippen molar-refractivity contribution in [3.63, 3.8) is 0 Å². The van der Waals surface area contributed by atoms with Gasteiger partial charge in [-0.3, -0.25) is 0 Å². The van der Waals surface area contributed by atoms with Crippen molar-refractivity contribution in [3.05, 3.63) is 21.5 Å². The second-order valence-electron chi connectivity index (χ2n) is 1.77. The van der Waals surface area contributed by atoms with Gasteiger partial charge in [0.1, 0.15) is 9.45 Å². The quantitative estimate of drug-likeness (QED) is 0.575. The molecule has 0 saturated heterocycles. The van der Waals surface area contributed by atoms with Gasteiger partial charge in [0.05, 0.1) is 12.3 Å². The van der Waals surface area contributed by atoms with Crippen molar-refractivity contribution >= 4 is 22.6 Å². The molecular weight excluding hydrogens is 245 g/mol. The predicted molar refractivity (Wildman–Crippen MR) is 44.5 cm³/mol. The summed E-state index contributed by atoms with van der Waals surface area (Å²) in [5, 5.41) is 17.6. The summed E-state index contributed by atoms with van der Waals surface area (Å²) in [6.45, 7) is -0.0870. The summed E-state index contributed by atoms with van der Waals surface area (Å²) in [7, 11) is 0. The molecule has 0 saturated carbocycles. The number of aliphatic hydroxyl groups is 1. The van der Waals surface area contributed by atoms with Crippen LogP contribution >= 0.6 is 22.6 Å². The molecule has 0 aromatic carbocycles. The van der Waals surface area contributed by atoms with E-state index >= 15 is 0 Å². The van der Waals surface area contributed by atoms with E-state index < -0.39 is 0 Å². The maximum absolute atomic E-state index is 8.99. The van der Waals surface area contributed by atoms with E-state index in [0.29, 0.717) is 9.39 Å². The lowest BCUT2D eigenvalue weighted by Gasteiger charge is -1.97. The van der Waals surface area contributed by atoms with Crippen LogP contribution in [0.5, 0.6) is 5.75 Å². The molecule has 3 nitrogen and oxygen atoms in total. The summed E-state index contributed by atoms with van der Waals surface area (Å²) in [6, 6.07) is 3.10. The molecule has 4 heteroatoms.